The van der Waals surface area contributed by atoms with E-state index in [1.165, 1.54) is 6.08 Å². The normalized spacial score (nSPS) is 11.7. The zero-order valence-electron chi connectivity index (χ0n) is 11.3. The molecule has 0 spiro atoms. The Balaban J connectivity index is 2.80. The average Bonchev–Trinajstić information content (AvgIpc) is 2.33. The number of benzene rings is 1. The number of nitrogens with one attached hydrogen (secondary N) is 1. The van der Waals surface area contributed by atoms with Crippen LogP contribution < -0.4 is 4.72 Å². The van der Waals surface area contributed by atoms with Crippen LogP contribution in [-0.2, 0) is 16.6 Å². The molecule has 0 aliphatic carbocycles. The third-order valence-corrected chi connectivity index (χ3v) is 2.94. The van der Waals surface area contributed by atoms with Crippen LogP contribution in [0, 0.1) is 0 Å². The predicted octanol–water partition coefficient (Wildman–Crippen LogP) is 0.994. The van der Waals surface area contributed by atoms with Gasteiger partial charge in [-0.05, 0) is 11.6 Å². The maximum atomic E-state index is 11.9. The lowest BCUT2D eigenvalue weighted by Crippen LogP contribution is -2.21. The molecular weight excluding hydrogens is 264 g/mol. The molecule has 1 N–H and O–H groups in total. The van der Waals surface area contributed by atoms with Crippen molar-refractivity contribution in [2.75, 3.05) is 20.4 Å². The van der Waals surface area contributed by atoms with Gasteiger partial charge in [-0.3, -0.25) is 4.79 Å². The Bertz CT molecular complexity index is 577. The van der Waals surface area contributed by atoms with Crippen LogP contribution >= 0.6 is 0 Å². The Labute approximate surface area is 114 Å². The number of allylic oxidation sites excluding steroid dienone is 1. The van der Waals surface area contributed by atoms with Gasteiger partial charge in [0.15, 0.2) is 5.78 Å². The van der Waals surface area contributed by atoms with Gasteiger partial charge >= 0.3 is 0 Å². The summed E-state index contributed by atoms with van der Waals surface area (Å²) in [7, 11) is 0.427. The van der Waals surface area contributed by atoms with Gasteiger partial charge in [-0.1, -0.05) is 18.2 Å². The molecule has 19 heavy (non-hydrogen) atoms. The molecule has 0 atom stereocenters. The first kappa shape index (κ1) is 15.4. The highest BCUT2D eigenvalue weighted by Crippen LogP contribution is 2.07. The first-order chi connectivity index (χ1) is 8.78. The zero-order valence-corrected chi connectivity index (χ0v) is 12.1. The Kier molecular flexibility index (Phi) is 5.26. The van der Waals surface area contributed by atoms with Crippen molar-refractivity contribution in [2.24, 2.45) is 0 Å². The van der Waals surface area contributed by atoms with Gasteiger partial charge in [-0.2, -0.15) is 0 Å². The van der Waals surface area contributed by atoms with Crippen LogP contribution in [0.4, 0.5) is 0 Å². The molecule has 6 heteroatoms. The Morgan fingerprint density at radius 2 is 2.05 bits per heavy atom. The fourth-order valence-corrected chi connectivity index (χ4v) is 1.79. The summed E-state index contributed by atoms with van der Waals surface area (Å²) in [6.07, 6.45) is 4.24. The molecule has 0 bridgehead atoms. The Morgan fingerprint density at radius 1 is 1.37 bits per heavy atom. The molecule has 5 nitrogen and oxygen atoms in total. The van der Waals surface area contributed by atoms with E-state index in [0.717, 1.165) is 11.8 Å². The van der Waals surface area contributed by atoms with Crippen molar-refractivity contribution < 1.29 is 13.2 Å². The lowest BCUT2D eigenvalue weighted by molar-refractivity contribution is 0.104. The number of carbonyl (C=O) groups is 1. The molecule has 0 heterocycles. The molecule has 1 rings (SSSR count). The fraction of sp³-hybridized carbons (Fsp3) is 0.308. The summed E-state index contributed by atoms with van der Waals surface area (Å²) in [6.45, 7) is 0.178. The van der Waals surface area contributed by atoms with Gasteiger partial charge in [0.25, 0.3) is 0 Å². The van der Waals surface area contributed by atoms with E-state index in [0.29, 0.717) is 5.56 Å². The van der Waals surface area contributed by atoms with Gasteiger partial charge in [-0.15, -0.1) is 0 Å². The second-order valence-corrected chi connectivity index (χ2v) is 6.27. The molecule has 104 valence electrons. The lowest BCUT2D eigenvalue weighted by atomic mass is 10.1. The van der Waals surface area contributed by atoms with Crippen molar-refractivity contribution in [1.29, 1.82) is 0 Å². The number of rotatable bonds is 6. The molecule has 0 radical (unpaired) electrons. The molecule has 0 saturated carbocycles. The minimum Gasteiger partial charge on any atom is -0.383 e. The molecule has 0 unspecified atom stereocenters. The van der Waals surface area contributed by atoms with E-state index in [9.17, 15) is 13.2 Å². The predicted molar refractivity (Wildman–Crippen MR) is 75.3 cm³/mol. The van der Waals surface area contributed by atoms with Gasteiger partial charge in [-0.25, -0.2) is 13.1 Å². The van der Waals surface area contributed by atoms with E-state index >= 15 is 0 Å². The summed E-state index contributed by atoms with van der Waals surface area (Å²) in [5.41, 5.74) is 1.28. The first-order valence-corrected chi connectivity index (χ1v) is 7.59. The van der Waals surface area contributed by atoms with Gasteiger partial charge in [0.2, 0.25) is 10.0 Å². The molecule has 0 aliphatic rings. The molecule has 0 aromatic heterocycles. The number of sulfonamides is 1. The maximum Gasteiger partial charge on any atom is 0.209 e. The summed E-state index contributed by atoms with van der Waals surface area (Å²) in [5.74, 6) is -0.116. The van der Waals surface area contributed by atoms with E-state index < -0.39 is 10.0 Å². The number of hydrogen-bond acceptors (Lipinski definition) is 4. The lowest BCUT2D eigenvalue weighted by Gasteiger charge is -2.05. The van der Waals surface area contributed by atoms with Crippen molar-refractivity contribution in [2.45, 2.75) is 6.54 Å². The van der Waals surface area contributed by atoms with Crippen molar-refractivity contribution in [3.8, 4) is 0 Å². The van der Waals surface area contributed by atoms with E-state index in [1.807, 2.05) is 14.1 Å². The number of carbonyl (C=O) groups excluding carboxylic acids is 1. The van der Waals surface area contributed by atoms with Crippen LogP contribution in [0.25, 0.3) is 0 Å². The third kappa shape index (κ3) is 6.17. The summed E-state index contributed by atoms with van der Waals surface area (Å²) in [4.78, 5) is 13.6. The average molecular weight is 282 g/mol. The van der Waals surface area contributed by atoms with E-state index in [2.05, 4.69) is 4.72 Å². The van der Waals surface area contributed by atoms with Crippen LogP contribution in [0.5, 0.6) is 0 Å². The van der Waals surface area contributed by atoms with Crippen LogP contribution in [0.2, 0.25) is 0 Å². The molecule has 1 aromatic carbocycles. The smallest absolute Gasteiger partial charge is 0.209 e. The zero-order chi connectivity index (χ0) is 14.5. The minimum absolute atomic E-state index is 0.116. The molecule has 0 fully saturated rings. The summed E-state index contributed by atoms with van der Waals surface area (Å²) in [6, 6.07) is 6.88. The van der Waals surface area contributed by atoms with Gasteiger partial charge in [0.1, 0.15) is 0 Å². The third-order valence-electron chi connectivity index (χ3n) is 2.27. The highest BCUT2D eigenvalue weighted by atomic mass is 32.2. The van der Waals surface area contributed by atoms with Crippen LogP contribution in [-0.4, -0.2) is 39.5 Å². The minimum atomic E-state index is -3.23. The van der Waals surface area contributed by atoms with Crippen LogP contribution in [0.15, 0.2) is 36.5 Å². The van der Waals surface area contributed by atoms with Gasteiger partial charge < -0.3 is 4.90 Å². The molecular formula is C13H18N2O3S. The highest BCUT2D eigenvalue weighted by molar-refractivity contribution is 7.88. The Morgan fingerprint density at radius 3 is 2.63 bits per heavy atom. The number of hydrogen-bond donors (Lipinski definition) is 1. The van der Waals surface area contributed by atoms with E-state index in [1.54, 1.807) is 35.4 Å². The SMILES string of the molecule is CN(C)C=CC(=O)c1cccc(CNS(C)(=O)=O)c1. The summed E-state index contributed by atoms with van der Waals surface area (Å²) >= 11 is 0. The second-order valence-electron chi connectivity index (χ2n) is 4.44. The quantitative estimate of drug-likeness (QED) is 0.624. The van der Waals surface area contributed by atoms with Crippen molar-refractivity contribution >= 4 is 15.8 Å². The van der Waals surface area contributed by atoms with E-state index in [-0.39, 0.29) is 12.3 Å². The van der Waals surface area contributed by atoms with Crippen LogP contribution in [0.3, 0.4) is 0 Å². The molecule has 0 aliphatic heterocycles. The van der Waals surface area contributed by atoms with Crippen molar-refractivity contribution in [3.63, 3.8) is 0 Å². The molecule has 0 amide bonds. The summed E-state index contributed by atoms with van der Waals surface area (Å²) in [5, 5.41) is 0. The first-order valence-electron chi connectivity index (χ1n) is 5.70. The van der Waals surface area contributed by atoms with Gasteiger partial charge in [0.05, 0.1) is 6.26 Å². The van der Waals surface area contributed by atoms with Gasteiger partial charge in [0, 0.05) is 38.5 Å². The van der Waals surface area contributed by atoms with E-state index in [4.69, 9.17) is 0 Å². The number of nitrogens with zero attached hydrogens (tertiary/aromatic N) is 1. The maximum absolute atomic E-state index is 11.9. The van der Waals surface area contributed by atoms with Crippen LogP contribution in [0.1, 0.15) is 15.9 Å². The fourth-order valence-electron chi connectivity index (χ4n) is 1.36. The highest BCUT2D eigenvalue weighted by Gasteiger charge is 2.05. The topological polar surface area (TPSA) is 66.5 Å². The monoisotopic (exact) mass is 282 g/mol. The standard InChI is InChI=1S/C13H18N2O3S/c1-15(2)8-7-13(16)12-6-4-5-11(9-12)10-14-19(3,17)18/h4-9,14H,10H2,1-3H3. The number of ketones is 1. The largest absolute Gasteiger partial charge is 0.383 e. The summed E-state index contributed by atoms with van der Waals surface area (Å²) < 4.78 is 24.4. The van der Waals surface area contributed by atoms with Crippen molar-refractivity contribution in [1.82, 2.24) is 9.62 Å². The van der Waals surface area contributed by atoms with Crippen molar-refractivity contribution in [3.05, 3.63) is 47.7 Å². The second kappa shape index (κ2) is 6.49. The Hall–Kier alpha value is -1.66. The molecule has 0 saturated heterocycles. The molecule has 1 aromatic rings.